The lowest BCUT2D eigenvalue weighted by Gasteiger charge is -2.32. The van der Waals surface area contributed by atoms with Gasteiger partial charge < -0.3 is 10.6 Å². The van der Waals surface area contributed by atoms with Crippen LogP contribution in [0, 0.1) is 11.3 Å². The van der Waals surface area contributed by atoms with Crippen molar-refractivity contribution in [2.75, 3.05) is 25.0 Å². The lowest BCUT2D eigenvalue weighted by molar-refractivity contribution is 0.0945. The van der Waals surface area contributed by atoms with Gasteiger partial charge in [-0.25, -0.2) is 9.97 Å². The Hall–Kier alpha value is -4.61. The second kappa shape index (κ2) is 11.0. The van der Waals surface area contributed by atoms with Crippen molar-refractivity contribution >= 4 is 11.7 Å². The predicted octanol–water partition coefficient (Wildman–Crippen LogP) is 4.44. The van der Waals surface area contributed by atoms with Gasteiger partial charge in [-0.05, 0) is 36.1 Å². The second-order valence-corrected chi connectivity index (χ2v) is 10.0. The predicted molar refractivity (Wildman–Crippen MR) is 150 cm³/mol. The highest BCUT2D eigenvalue weighted by molar-refractivity contribution is 5.99. The number of nitrogens with one attached hydrogen (secondary N) is 2. The average Bonchev–Trinajstić information content (AvgIpc) is 2.99. The summed E-state index contributed by atoms with van der Waals surface area (Å²) in [5, 5.41) is 15.4. The number of amides is 1. The minimum Gasteiger partial charge on any atom is -0.367 e. The summed E-state index contributed by atoms with van der Waals surface area (Å²) < 4.78 is 0. The number of hydrogen-bond donors (Lipinski definition) is 2. The number of likely N-dealkylation sites (tertiary alicyclic amines) is 1. The Balaban J connectivity index is 1.15. The molecule has 2 aromatic heterocycles. The number of nitrogens with zero attached hydrogens (tertiary/aromatic N) is 5. The van der Waals surface area contributed by atoms with Gasteiger partial charge in [0.2, 0.25) is 5.82 Å². The van der Waals surface area contributed by atoms with E-state index in [-0.39, 0.29) is 11.7 Å². The molecular formula is C31H29N7O. The Bertz CT molecular complexity index is 1520. The van der Waals surface area contributed by atoms with Crippen LogP contribution in [-0.4, -0.2) is 51.4 Å². The highest BCUT2D eigenvalue weighted by Crippen LogP contribution is 2.33. The molecule has 2 N–H and O–H groups in total. The number of piperidine rings is 1. The van der Waals surface area contributed by atoms with Crippen LogP contribution in [0.4, 0.5) is 5.82 Å². The summed E-state index contributed by atoms with van der Waals surface area (Å²) in [7, 11) is 0. The van der Waals surface area contributed by atoms with Gasteiger partial charge >= 0.3 is 0 Å². The molecule has 0 unspecified atom stereocenters. The van der Waals surface area contributed by atoms with Crippen LogP contribution in [0.25, 0.3) is 22.4 Å². The molecule has 0 atom stereocenters. The van der Waals surface area contributed by atoms with Crippen molar-refractivity contribution in [1.29, 1.82) is 5.26 Å². The molecule has 2 aromatic carbocycles. The summed E-state index contributed by atoms with van der Waals surface area (Å²) in [6, 6.07) is 24.9. The van der Waals surface area contributed by atoms with Gasteiger partial charge in [0.25, 0.3) is 5.91 Å². The van der Waals surface area contributed by atoms with Crippen LogP contribution >= 0.6 is 0 Å². The van der Waals surface area contributed by atoms with Gasteiger partial charge in [-0.3, -0.25) is 14.7 Å². The minimum absolute atomic E-state index is 0.0502. The first-order valence-corrected chi connectivity index (χ1v) is 13.3. The topological polar surface area (TPSA) is 107 Å². The maximum Gasteiger partial charge on any atom is 0.253 e. The molecule has 194 valence electrons. The van der Waals surface area contributed by atoms with Crippen LogP contribution in [-0.2, 0) is 13.0 Å². The van der Waals surface area contributed by atoms with Crippen LogP contribution in [0.1, 0.15) is 40.3 Å². The third-order valence-corrected chi connectivity index (χ3v) is 7.41. The number of fused-ring (bicyclic) bond motifs is 1. The molecule has 39 heavy (non-hydrogen) atoms. The van der Waals surface area contributed by atoms with E-state index in [9.17, 15) is 4.79 Å². The van der Waals surface area contributed by atoms with Crippen LogP contribution in [0.15, 0.2) is 72.9 Å². The second-order valence-electron chi connectivity index (χ2n) is 10.0. The van der Waals surface area contributed by atoms with Crippen molar-refractivity contribution < 1.29 is 4.79 Å². The molecule has 8 nitrogen and oxygen atoms in total. The van der Waals surface area contributed by atoms with E-state index in [1.807, 2.05) is 36.4 Å². The number of nitriles is 1. The van der Waals surface area contributed by atoms with E-state index in [4.69, 9.17) is 10.2 Å². The zero-order valence-electron chi connectivity index (χ0n) is 21.6. The molecule has 0 aliphatic carbocycles. The fourth-order valence-corrected chi connectivity index (χ4v) is 5.35. The van der Waals surface area contributed by atoms with Gasteiger partial charge in [0.15, 0.2) is 0 Å². The molecule has 1 amide bonds. The normalized spacial score (nSPS) is 15.7. The van der Waals surface area contributed by atoms with E-state index in [0.717, 1.165) is 67.0 Å². The molecule has 8 heteroatoms. The Labute approximate surface area is 227 Å². The van der Waals surface area contributed by atoms with Crippen LogP contribution in [0.2, 0.25) is 0 Å². The van der Waals surface area contributed by atoms with Crippen molar-refractivity contribution in [1.82, 2.24) is 25.2 Å². The quantitative estimate of drug-likeness (QED) is 0.391. The Morgan fingerprint density at radius 3 is 2.54 bits per heavy atom. The van der Waals surface area contributed by atoms with E-state index in [0.29, 0.717) is 24.0 Å². The monoisotopic (exact) mass is 515 g/mol. The summed E-state index contributed by atoms with van der Waals surface area (Å²) in [6.07, 6.45) is 4.38. The minimum atomic E-state index is -0.0502. The number of carbonyl (C=O) groups excluding carboxylic acids is 1. The third-order valence-electron chi connectivity index (χ3n) is 7.41. The fraction of sp³-hybridized carbons (Fsp3) is 0.258. The van der Waals surface area contributed by atoms with Gasteiger partial charge in [-0.2, -0.15) is 5.26 Å². The van der Waals surface area contributed by atoms with Gasteiger partial charge in [-0.15, -0.1) is 0 Å². The molecular weight excluding hydrogens is 486 g/mol. The average molecular weight is 516 g/mol. The molecule has 1 saturated heterocycles. The SMILES string of the molecule is N#Cc1nccc(NC2CCN(Cc3ccc(-c4nc5c(cc4-c4ccccc4)C(=O)NCC5)cc3)CC2)n1. The van der Waals surface area contributed by atoms with E-state index in [1.54, 1.807) is 6.20 Å². The number of hydrogen-bond acceptors (Lipinski definition) is 7. The first-order valence-electron chi connectivity index (χ1n) is 13.3. The van der Waals surface area contributed by atoms with Gasteiger partial charge in [0.05, 0.1) is 17.0 Å². The molecule has 4 heterocycles. The van der Waals surface area contributed by atoms with Gasteiger partial charge in [0.1, 0.15) is 11.9 Å². The highest BCUT2D eigenvalue weighted by atomic mass is 16.1. The van der Waals surface area contributed by atoms with Gasteiger partial charge in [0, 0.05) is 56.0 Å². The van der Waals surface area contributed by atoms with E-state index < -0.39 is 0 Å². The Morgan fingerprint density at radius 1 is 0.974 bits per heavy atom. The molecule has 6 rings (SSSR count). The zero-order chi connectivity index (χ0) is 26.6. The molecule has 0 spiro atoms. The van der Waals surface area contributed by atoms with Crippen molar-refractivity contribution in [2.24, 2.45) is 0 Å². The maximum absolute atomic E-state index is 12.5. The number of benzene rings is 2. The van der Waals surface area contributed by atoms with Crippen molar-refractivity contribution in [3.8, 4) is 28.5 Å². The summed E-state index contributed by atoms with van der Waals surface area (Å²) in [6.45, 7) is 3.49. The van der Waals surface area contributed by atoms with E-state index >= 15 is 0 Å². The van der Waals surface area contributed by atoms with Crippen LogP contribution < -0.4 is 10.6 Å². The molecule has 2 aliphatic rings. The van der Waals surface area contributed by atoms with Crippen molar-refractivity contribution in [3.63, 3.8) is 0 Å². The smallest absolute Gasteiger partial charge is 0.253 e. The van der Waals surface area contributed by atoms with Crippen LogP contribution in [0.5, 0.6) is 0 Å². The van der Waals surface area contributed by atoms with Crippen molar-refractivity contribution in [2.45, 2.75) is 31.8 Å². The fourth-order valence-electron chi connectivity index (χ4n) is 5.35. The Kier molecular flexibility index (Phi) is 6.98. The maximum atomic E-state index is 12.5. The number of rotatable bonds is 6. The molecule has 4 aromatic rings. The molecule has 0 saturated carbocycles. The summed E-state index contributed by atoms with van der Waals surface area (Å²) in [4.78, 5) is 28.2. The summed E-state index contributed by atoms with van der Waals surface area (Å²) in [5.41, 5.74) is 6.78. The van der Waals surface area contributed by atoms with Crippen LogP contribution in [0.3, 0.4) is 0 Å². The number of aromatic nitrogens is 3. The van der Waals surface area contributed by atoms with Gasteiger partial charge in [-0.1, -0.05) is 54.6 Å². The first-order chi connectivity index (χ1) is 19.2. The molecule has 0 bridgehead atoms. The molecule has 2 aliphatic heterocycles. The first kappa shape index (κ1) is 24.7. The number of anilines is 1. The highest BCUT2D eigenvalue weighted by Gasteiger charge is 2.23. The summed E-state index contributed by atoms with van der Waals surface area (Å²) in [5.74, 6) is 0.848. The third kappa shape index (κ3) is 5.49. The lowest BCUT2D eigenvalue weighted by atomic mass is 9.94. The number of carbonyl (C=O) groups is 1. The van der Waals surface area contributed by atoms with E-state index in [2.05, 4.69) is 61.9 Å². The largest absolute Gasteiger partial charge is 0.367 e. The zero-order valence-corrected chi connectivity index (χ0v) is 21.6. The summed E-state index contributed by atoms with van der Waals surface area (Å²) >= 11 is 0. The molecule has 1 fully saturated rings. The Morgan fingerprint density at radius 2 is 1.77 bits per heavy atom. The lowest BCUT2D eigenvalue weighted by Crippen LogP contribution is -2.38. The standard InChI is InChI=1S/C31H29N7O/c32-19-29-33-15-11-28(37-29)35-24-12-16-38(17-13-24)20-21-6-8-23(9-7-21)30-25(22-4-2-1-3-5-22)18-26-27(36-30)10-14-34-31(26)39/h1-9,11,15,18,24H,10,12-14,16-17,20H2,(H,34,39)(H,33,35,37). The van der Waals surface area contributed by atoms with Crippen molar-refractivity contribution in [3.05, 3.63) is 95.6 Å². The molecule has 0 radical (unpaired) electrons. The van der Waals surface area contributed by atoms with E-state index in [1.165, 1.54) is 5.56 Å². The number of pyridine rings is 1.